The highest BCUT2D eigenvalue weighted by Gasteiger charge is 2.54. The Kier molecular flexibility index (Phi) is 9.82. The van der Waals surface area contributed by atoms with Crippen molar-refractivity contribution < 1.29 is 67.1 Å². The van der Waals surface area contributed by atoms with Gasteiger partial charge in [-0.05, 0) is 30.3 Å². The van der Waals surface area contributed by atoms with Crippen molar-refractivity contribution in [1.29, 1.82) is 0 Å². The van der Waals surface area contributed by atoms with Crippen molar-refractivity contribution in [3.63, 3.8) is 0 Å². The van der Waals surface area contributed by atoms with E-state index in [9.17, 15) is 39.2 Å². The third-order valence-electron chi connectivity index (χ3n) is 6.41. The SMILES string of the molecule is C[C@@]1(N)[C@H](O)[C@@H](COP(O)(=S)OP(=O)(O)OC2OC([C@@H](F)CO)C(O)C(O)C2O)O[C@H]1c1snc2c(N)ncnc12. The maximum atomic E-state index is 13.9. The molecule has 0 amide bonds. The third kappa shape index (κ3) is 6.76. The van der Waals surface area contributed by atoms with Crippen molar-refractivity contribution in [3.05, 3.63) is 11.2 Å². The molecule has 18 nitrogen and oxygen atoms in total. The zero-order chi connectivity index (χ0) is 30.5. The quantitative estimate of drug-likeness (QED) is 0.120. The lowest BCUT2D eigenvalue weighted by Gasteiger charge is -2.41. The maximum Gasteiger partial charge on any atom is 0.481 e. The molecule has 2 aromatic rings. The summed E-state index contributed by atoms with van der Waals surface area (Å²) in [6.45, 7) is -5.03. The number of hydrogen-bond acceptors (Lipinski definition) is 18. The Morgan fingerprint density at radius 3 is 2.54 bits per heavy atom. The average Bonchev–Trinajstić information content (AvgIpc) is 3.41. The number of aliphatic hydroxyl groups is 5. The van der Waals surface area contributed by atoms with Gasteiger partial charge in [-0.3, -0.25) is 4.52 Å². The van der Waals surface area contributed by atoms with Crippen LogP contribution in [0, 0.1) is 0 Å². The van der Waals surface area contributed by atoms with Crippen molar-refractivity contribution >= 4 is 54.7 Å². The van der Waals surface area contributed by atoms with E-state index in [0.29, 0.717) is 15.9 Å². The number of alkyl halides is 1. The number of phosphoric ester groups is 1. The molecule has 11 N–H and O–H groups in total. The van der Waals surface area contributed by atoms with E-state index >= 15 is 0 Å². The fraction of sp³-hybridized carbons (Fsp3) is 0.722. The van der Waals surface area contributed by atoms with Crippen LogP contribution in [-0.4, -0.2) is 117 Å². The predicted molar refractivity (Wildman–Crippen MR) is 139 cm³/mol. The summed E-state index contributed by atoms with van der Waals surface area (Å²) in [5, 5.41) is 49.6. The summed E-state index contributed by atoms with van der Waals surface area (Å²) in [4.78, 5) is 28.9. The highest BCUT2D eigenvalue weighted by Crippen LogP contribution is 2.62. The standard InChI is InChI=1S/C18H28FN5O13P2S2/c1-18(21)14(29)6(34-15(18)13-7-8(24-41-13)16(20)23-4-22-7)3-33-39(32,40)37-38(30,31)36-17-11(28)9(26)10(27)12(35-17)5(19)2-25/h4-6,9-12,14-15,17,25-29H,2-3,21H2,1H3,(H,30,31)(H,32,40)(H2,20,22,23)/t5-,6+,9?,10?,11?,12?,14+,15-,17?,18+,39?/m0/s1. The Bertz CT molecular complexity index is 1350. The van der Waals surface area contributed by atoms with E-state index in [0.717, 1.165) is 11.5 Å². The molecule has 4 heterocycles. The monoisotopic (exact) mass is 667 g/mol. The number of phosphoric acid groups is 1. The summed E-state index contributed by atoms with van der Waals surface area (Å²) in [7, 11) is -5.47. The lowest BCUT2D eigenvalue weighted by molar-refractivity contribution is -0.287. The molecular weight excluding hydrogens is 639 g/mol. The van der Waals surface area contributed by atoms with Crippen LogP contribution in [0.1, 0.15) is 17.9 Å². The summed E-state index contributed by atoms with van der Waals surface area (Å²) in [6, 6.07) is 0. The van der Waals surface area contributed by atoms with E-state index in [2.05, 4.69) is 23.2 Å². The second kappa shape index (κ2) is 12.2. The molecule has 0 aliphatic carbocycles. The molecule has 0 aromatic carbocycles. The second-order valence-electron chi connectivity index (χ2n) is 9.43. The van der Waals surface area contributed by atoms with E-state index in [1.54, 1.807) is 0 Å². The third-order valence-corrected chi connectivity index (χ3v) is 10.8. The molecule has 2 saturated heterocycles. The molecule has 0 spiro atoms. The van der Waals surface area contributed by atoms with Gasteiger partial charge >= 0.3 is 14.5 Å². The Morgan fingerprint density at radius 1 is 1.20 bits per heavy atom. The molecule has 2 aliphatic rings. The summed E-state index contributed by atoms with van der Waals surface area (Å²) in [6.07, 6.45) is -15.3. The summed E-state index contributed by atoms with van der Waals surface area (Å²) in [5.74, 6) is 0.119. The lowest BCUT2D eigenvalue weighted by Crippen LogP contribution is -2.60. The number of hydrogen-bond donors (Lipinski definition) is 9. The average molecular weight is 668 g/mol. The van der Waals surface area contributed by atoms with Gasteiger partial charge < -0.3 is 60.8 Å². The number of fused-ring (bicyclic) bond motifs is 1. The number of ether oxygens (including phenoxy) is 2. The van der Waals surface area contributed by atoms with Crippen molar-refractivity contribution in [3.8, 4) is 0 Å². The van der Waals surface area contributed by atoms with Crippen molar-refractivity contribution in [2.45, 2.75) is 67.7 Å². The van der Waals surface area contributed by atoms with E-state index in [1.807, 2.05) is 0 Å². The molecule has 23 heteroatoms. The van der Waals surface area contributed by atoms with Crippen LogP contribution in [0.25, 0.3) is 11.0 Å². The van der Waals surface area contributed by atoms with Crippen molar-refractivity contribution in [2.75, 3.05) is 18.9 Å². The van der Waals surface area contributed by atoms with E-state index in [4.69, 9.17) is 42.4 Å². The normalized spacial score (nSPS) is 38.0. The Morgan fingerprint density at radius 2 is 1.88 bits per heavy atom. The maximum absolute atomic E-state index is 13.9. The number of rotatable bonds is 10. The van der Waals surface area contributed by atoms with Gasteiger partial charge in [-0.2, -0.15) is 4.37 Å². The van der Waals surface area contributed by atoms with E-state index in [-0.39, 0.29) is 5.82 Å². The smallest absolute Gasteiger partial charge is 0.393 e. The number of nitrogens with zero attached hydrogens (tertiary/aromatic N) is 3. The van der Waals surface area contributed by atoms with Gasteiger partial charge in [0.05, 0.1) is 23.6 Å². The molecule has 0 radical (unpaired) electrons. The molecule has 12 atom stereocenters. The van der Waals surface area contributed by atoms with E-state index in [1.165, 1.54) is 13.3 Å². The molecule has 7 unspecified atom stereocenters. The zero-order valence-electron chi connectivity index (χ0n) is 20.9. The first-order chi connectivity index (χ1) is 19.0. The minimum absolute atomic E-state index is 0.119. The Labute approximate surface area is 239 Å². The fourth-order valence-electron chi connectivity index (χ4n) is 4.23. The first kappa shape index (κ1) is 33.0. The van der Waals surface area contributed by atoms with Gasteiger partial charge in [0, 0.05) is 0 Å². The summed E-state index contributed by atoms with van der Waals surface area (Å²) >= 11 is 5.71. The molecule has 0 saturated carbocycles. The predicted octanol–water partition coefficient (Wildman–Crippen LogP) is -2.31. The first-order valence-corrected chi connectivity index (χ1v) is 16.5. The topological polar surface area (TPSA) is 296 Å². The summed E-state index contributed by atoms with van der Waals surface area (Å²) < 4.78 is 55.6. The van der Waals surface area contributed by atoms with Crippen LogP contribution >= 0.6 is 26.1 Å². The highest BCUT2D eigenvalue weighted by atomic mass is 32.5. The molecule has 4 rings (SSSR count). The minimum Gasteiger partial charge on any atom is -0.393 e. The molecule has 41 heavy (non-hydrogen) atoms. The van der Waals surface area contributed by atoms with Gasteiger partial charge in [-0.15, -0.1) is 0 Å². The first-order valence-electron chi connectivity index (χ1n) is 11.6. The largest absolute Gasteiger partial charge is 0.481 e. The van der Waals surface area contributed by atoms with Gasteiger partial charge in [-0.1, -0.05) is 0 Å². The number of nitrogens with two attached hydrogens (primary N) is 2. The minimum atomic E-state index is -5.47. The lowest BCUT2D eigenvalue weighted by atomic mass is 9.89. The second-order valence-corrected chi connectivity index (χ2v) is 14.6. The van der Waals surface area contributed by atoms with E-state index < -0.39 is 88.5 Å². The summed E-state index contributed by atoms with van der Waals surface area (Å²) in [5.41, 5.74) is 11.4. The zero-order valence-corrected chi connectivity index (χ0v) is 24.3. The molecule has 2 aromatic heterocycles. The molecule has 0 bridgehead atoms. The van der Waals surface area contributed by atoms with Crippen LogP contribution in [0.3, 0.4) is 0 Å². The number of nitrogen functional groups attached to an aromatic ring is 1. The van der Waals surface area contributed by atoms with Crippen LogP contribution < -0.4 is 11.5 Å². The molecular formula is C18H28FN5O13P2S2. The van der Waals surface area contributed by atoms with Gasteiger partial charge in [0.2, 0.25) is 0 Å². The fourth-order valence-corrected chi connectivity index (χ4v) is 8.34. The number of halogens is 1. The van der Waals surface area contributed by atoms with Crippen LogP contribution in [0.4, 0.5) is 10.2 Å². The molecule has 2 fully saturated rings. The Balaban J connectivity index is 1.41. The van der Waals surface area contributed by atoms with Crippen molar-refractivity contribution in [2.24, 2.45) is 5.73 Å². The molecule has 232 valence electrons. The van der Waals surface area contributed by atoms with Crippen LogP contribution in [0.5, 0.6) is 0 Å². The van der Waals surface area contributed by atoms with Crippen molar-refractivity contribution in [1.82, 2.24) is 14.3 Å². The Hall–Kier alpha value is -0.940. The van der Waals surface area contributed by atoms with Gasteiger partial charge in [-0.25, -0.2) is 23.2 Å². The number of aromatic nitrogens is 3. The van der Waals surface area contributed by atoms with Crippen LogP contribution in [-0.2, 0) is 39.2 Å². The van der Waals surface area contributed by atoms with Crippen LogP contribution in [0.2, 0.25) is 0 Å². The number of aliphatic hydroxyl groups excluding tert-OH is 5. The van der Waals surface area contributed by atoms with Gasteiger partial charge in [0.15, 0.2) is 18.3 Å². The number of anilines is 1. The van der Waals surface area contributed by atoms with Gasteiger partial charge in [0.1, 0.15) is 60.1 Å². The highest BCUT2D eigenvalue weighted by molar-refractivity contribution is 8.08. The van der Waals surface area contributed by atoms with Gasteiger partial charge in [0.25, 0.3) is 0 Å². The van der Waals surface area contributed by atoms with Crippen LogP contribution in [0.15, 0.2) is 6.33 Å². The molecule has 2 aliphatic heterocycles.